The van der Waals surface area contributed by atoms with Gasteiger partial charge in [-0.05, 0) is 55.2 Å². The molecule has 1 aromatic carbocycles. The number of nitrogens with one attached hydrogen (secondary N) is 1. The maximum Gasteiger partial charge on any atom is 0.299 e. The number of benzene rings is 1. The highest BCUT2D eigenvalue weighted by Gasteiger charge is 2.48. The Balaban J connectivity index is 1.44. The first-order chi connectivity index (χ1) is 17.5. The lowest BCUT2D eigenvalue weighted by atomic mass is 10.1. The van der Waals surface area contributed by atoms with E-state index in [1.807, 2.05) is 19.1 Å². The fraction of sp³-hybridized carbons (Fsp3) is 0.222. The summed E-state index contributed by atoms with van der Waals surface area (Å²) in [7, 11) is 0. The number of rotatable bonds is 4. The summed E-state index contributed by atoms with van der Waals surface area (Å²) in [6.45, 7) is 2.54. The first kappa shape index (κ1) is 23.4. The highest BCUT2D eigenvalue weighted by atomic mass is 16.2. The van der Waals surface area contributed by atoms with Crippen molar-refractivity contribution in [3.8, 4) is 11.8 Å². The Morgan fingerprint density at radius 1 is 1.22 bits per heavy atom. The second-order valence-corrected chi connectivity index (χ2v) is 8.62. The molecule has 2 atom stereocenters. The maximum atomic E-state index is 12.8. The summed E-state index contributed by atoms with van der Waals surface area (Å²) in [4.78, 5) is 40.5. The van der Waals surface area contributed by atoms with Crippen molar-refractivity contribution in [3.63, 3.8) is 0 Å². The van der Waals surface area contributed by atoms with E-state index in [1.54, 1.807) is 60.0 Å². The molecule has 5 rings (SSSR count). The number of nitrogens with two attached hydrogens (primary N) is 1. The quantitative estimate of drug-likeness (QED) is 0.398. The fourth-order valence-corrected chi connectivity index (χ4v) is 4.58. The number of quaternary nitrogens is 1. The van der Waals surface area contributed by atoms with E-state index >= 15 is 0 Å². The van der Waals surface area contributed by atoms with E-state index in [1.165, 1.54) is 0 Å². The van der Waals surface area contributed by atoms with Gasteiger partial charge in [-0.25, -0.2) is 4.98 Å². The first-order valence-corrected chi connectivity index (χ1v) is 11.9. The maximum absolute atomic E-state index is 12.8. The molecular weight excluding hydrogens is 454 g/mol. The predicted molar refractivity (Wildman–Crippen MR) is 137 cm³/mol. The summed E-state index contributed by atoms with van der Waals surface area (Å²) in [5.74, 6) is 13.1. The molecule has 0 aliphatic carbocycles. The van der Waals surface area contributed by atoms with Gasteiger partial charge in [-0.2, -0.15) is 10.8 Å². The molecular formula is C27H26N7O2+. The smallest absolute Gasteiger partial charge is 0.299 e. The number of carbonyl (C=O) groups is 2. The van der Waals surface area contributed by atoms with Crippen molar-refractivity contribution in [2.75, 3.05) is 11.9 Å². The van der Waals surface area contributed by atoms with Crippen molar-refractivity contribution in [1.29, 1.82) is 0 Å². The second-order valence-electron chi connectivity index (χ2n) is 8.62. The third-order valence-corrected chi connectivity index (χ3v) is 6.34. The summed E-state index contributed by atoms with van der Waals surface area (Å²) >= 11 is 0. The van der Waals surface area contributed by atoms with Crippen LogP contribution in [0.5, 0.6) is 0 Å². The molecule has 36 heavy (non-hydrogen) atoms. The normalized spacial score (nSPS) is 22.1. The molecule has 2 aromatic rings. The van der Waals surface area contributed by atoms with Crippen LogP contribution in [0.4, 0.5) is 5.82 Å². The number of hydrogen-bond acceptors (Lipinski definition) is 6. The molecule has 4 heterocycles. The summed E-state index contributed by atoms with van der Waals surface area (Å²) in [5.41, 5.74) is 2.69. The van der Waals surface area contributed by atoms with E-state index in [2.05, 4.69) is 27.1 Å². The molecule has 1 aromatic heterocycles. The Morgan fingerprint density at radius 2 is 2.06 bits per heavy atom. The predicted octanol–water partition coefficient (Wildman–Crippen LogP) is 2.96. The number of hydrogen-bond donors (Lipinski definition) is 2. The minimum Gasteiger partial charge on any atom is -0.323 e. The van der Waals surface area contributed by atoms with Gasteiger partial charge in [-0.1, -0.05) is 18.9 Å². The molecule has 0 radical (unpaired) electrons. The summed E-state index contributed by atoms with van der Waals surface area (Å²) in [6, 6.07) is 12.2. The Labute approximate surface area is 209 Å². The Bertz CT molecular complexity index is 1380. The number of allylic oxidation sites excluding steroid dienone is 1. The first-order valence-electron chi connectivity index (χ1n) is 11.9. The van der Waals surface area contributed by atoms with Crippen molar-refractivity contribution in [1.82, 2.24) is 9.88 Å². The Hall–Kier alpha value is -4.39. The Kier molecular flexibility index (Phi) is 6.29. The number of pyridine rings is 1. The molecule has 2 amide bonds. The number of fused-ring (bicyclic) bond motifs is 1. The van der Waals surface area contributed by atoms with Gasteiger partial charge in [0.15, 0.2) is 0 Å². The van der Waals surface area contributed by atoms with Crippen molar-refractivity contribution in [3.05, 3.63) is 83.6 Å². The lowest BCUT2D eigenvalue weighted by Gasteiger charge is -2.27. The number of amides is 2. The van der Waals surface area contributed by atoms with Gasteiger partial charge in [0.2, 0.25) is 5.70 Å². The molecule has 0 spiro atoms. The number of amidine groups is 1. The van der Waals surface area contributed by atoms with Crippen LogP contribution < -0.4 is 11.2 Å². The van der Waals surface area contributed by atoms with Gasteiger partial charge in [0, 0.05) is 24.7 Å². The van der Waals surface area contributed by atoms with Crippen LogP contribution in [0.3, 0.4) is 0 Å². The lowest BCUT2D eigenvalue weighted by Crippen LogP contribution is -2.53. The molecule has 3 aliphatic heterocycles. The van der Waals surface area contributed by atoms with Crippen molar-refractivity contribution < 1.29 is 14.2 Å². The molecule has 0 saturated carbocycles. The number of anilines is 1. The molecule has 1 saturated heterocycles. The highest BCUT2D eigenvalue weighted by molar-refractivity contribution is 6.05. The van der Waals surface area contributed by atoms with Crippen molar-refractivity contribution in [2.24, 2.45) is 15.8 Å². The average molecular weight is 481 g/mol. The number of likely N-dealkylation sites (tertiary alicyclic amines) is 1. The standard InChI is InChI=1S/C27H25N7O2/c1-2-3-9-24(35)33-16-6-7-21(33)25-22-18-29-15-17-34(22,28)26(32-25)19-10-12-20(13-11-19)27(36)31-23-8-4-5-14-30-23/h4-5,8,10-15,17-18,21H,2,6-7,16,28H2,1H3/p+1. The SMILES string of the molecule is CCC#CC(=O)N1CCCC1C1=C2C=NC=C[N+]2(N)C(c2ccc(C(=O)Nc3ccccn3)cc2)=N1. The van der Waals surface area contributed by atoms with E-state index < -0.39 is 0 Å². The zero-order valence-corrected chi connectivity index (χ0v) is 19.9. The van der Waals surface area contributed by atoms with Crippen LogP contribution in [0.1, 0.15) is 42.1 Å². The van der Waals surface area contributed by atoms with Crippen LogP contribution in [-0.2, 0) is 4.79 Å². The second kappa shape index (κ2) is 9.70. The molecule has 1 fully saturated rings. The largest absolute Gasteiger partial charge is 0.323 e. The topological polar surface area (TPSA) is 113 Å². The van der Waals surface area contributed by atoms with Gasteiger partial charge in [0.25, 0.3) is 17.6 Å². The van der Waals surface area contributed by atoms with Gasteiger partial charge < -0.3 is 10.2 Å². The molecule has 180 valence electrons. The Morgan fingerprint density at radius 3 is 2.81 bits per heavy atom. The fourth-order valence-electron chi connectivity index (χ4n) is 4.58. The van der Waals surface area contributed by atoms with Crippen molar-refractivity contribution in [2.45, 2.75) is 32.2 Å². The van der Waals surface area contributed by atoms with Crippen LogP contribution in [0.15, 0.2) is 82.4 Å². The minimum absolute atomic E-state index is 0.155. The summed E-state index contributed by atoms with van der Waals surface area (Å²) < 4.78 is -0.155. The number of aliphatic imine (C=N–C) groups is 2. The van der Waals surface area contributed by atoms with E-state index in [-0.39, 0.29) is 22.4 Å². The highest BCUT2D eigenvalue weighted by Crippen LogP contribution is 2.37. The van der Waals surface area contributed by atoms with E-state index in [0.29, 0.717) is 30.2 Å². The zero-order chi connectivity index (χ0) is 25.1. The minimum atomic E-state index is -0.261. The molecule has 9 nitrogen and oxygen atoms in total. The van der Waals surface area contributed by atoms with Crippen molar-refractivity contribution >= 4 is 29.7 Å². The average Bonchev–Trinajstić information content (AvgIpc) is 3.50. The molecule has 3 N–H and O–H groups in total. The third kappa shape index (κ3) is 4.24. The van der Waals surface area contributed by atoms with Crippen LogP contribution in [-0.4, -0.2) is 50.9 Å². The lowest BCUT2D eigenvalue weighted by molar-refractivity contribution is -0.750. The van der Waals surface area contributed by atoms with Crippen LogP contribution in [0.25, 0.3) is 0 Å². The van der Waals surface area contributed by atoms with Gasteiger partial charge >= 0.3 is 0 Å². The summed E-state index contributed by atoms with van der Waals surface area (Å²) in [5, 5.41) is 2.78. The third-order valence-electron chi connectivity index (χ3n) is 6.34. The van der Waals surface area contributed by atoms with Crippen LogP contribution in [0, 0.1) is 11.8 Å². The van der Waals surface area contributed by atoms with E-state index in [4.69, 9.17) is 10.8 Å². The summed E-state index contributed by atoms with van der Waals surface area (Å²) in [6.07, 6.45) is 8.99. The van der Waals surface area contributed by atoms with Gasteiger partial charge in [-0.3, -0.25) is 14.6 Å². The molecule has 3 aliphatic rings. The monoisotopic (exact) mass is 480 g/mol. The molecule has 2 unspecified atom stereocenters. The molecule has 9 heteroatoms. The van der Waals surface area contributed by atoms with Crippen LogP contribution >= 0.6 is 0 Å². The number of nitrogens with zero attached hydrogens (tertiary/aromatic N) is 5. The van der Waals surface area contributed by atoms with Crippen LogP contribution in [0.2, 0.25) is 0 Å². The van der Waals surface area contributed by atoms with Gasteiger partial charge in [0.05, 0.1) is 24.0 Å². The van der Waals surface area contributed by atoms with E-state index in [9.17, 15) is 9.59 Å². The van der Waals surface area contributed by atoms with Gasteiger partial charge in [0.1, 0.15) is 17.7 Å². The van der Waals surface area contributed by atoms with E-state index in [0.717, 1.165) is 29.8 Å². The number of aromatic nitrogens is 1. The van der Waals surface area contributed by atoms with Gasteiger partial charge in [-0.15, -0.1) is 4.59 Å². The zero-order valence-electron chi connectivity index (χ0n) is 19.9. The number of carbonyl (C=O) groups excluding carboxylic acids is 2. The molecule has 0 bridgehead atoms.